The average molecular weight is 278 g/mol. The highest BCUT2D eigenvalue weighted by Crippen LogP contribution is 2.55. The van der Waals surface area contributed by atoms with Crippen LogP contribution in [0.25, 0.3) is 0 Å². The van der Waals surface area contributed by atoms with Crippen molar-refractivity contribution in [3.8, 4) is 0 Å². The van der Waals surface area contributed by atoms with Crippen molar-refractivity contribution in [2.45, 2.75) is 78.3 Å². The summed E-state index contributed by atoms with van der Waals surface area (Å²) in [7, 11) is 0. The molecule has 0 aromatic carbocycles. The van der Waals surface area contributed by atoms with Gasteiger partial charge in [0.1, 0.15) is 0 Å². The maximum atomic E-state index is 6.45. The minimum atomic E-state index is -0.435. The maximum Gasteiger partial charge on any atom is 0.164 e. The maximum absolute atomic E-state index is 6.45. The largest absolute Gasteiger partial charge is 0.344 e. The monoisotopic (exact) mass is 278 g/mol. The molecular formula is C18H30O2. The van der Waals surface area contributed by atoms with E-state index in [0.717, 1.165) is 12.3 Å². The lowest BCUT2D eigenvalue weighted by molar-refractivity contribution is -0.171. The van der Waals surface area contributed by atoms with Gasteiger partial charge in [-0.15, -0.1) is 0 Å². The smallest absolute Gasteiger partial charge is 0.164 e. The Balaban J connectivity index is 2.01. The van der Waals surface area contributed by atoms with Crippen molar-refractivity contribution in [2.75, 3.05) is 0 Å². The second kappa shape index (κ2) is 4.58. The molecule has 2 fully saturated rings. The van der Waals surface area contributed by atoms with Gasteiger partial charge in [0.05, 0.1) is 11.7 Å². The van der Waals surface area contributed by atoms with Crippen LogP contribution >= 0.6 is 0 Å². The summed E-state index contributed by atoms with van der Waals surface area (Å²) in [6.07, 6.45) is 6.43. The molecule has 5 atom stereocenters. The molecule has 0 bridgehead atoms. The molecule has 3 rings (SSSR count). The second-order valence-electron chi connectivity index (χ2n) is 8.13. The summed E-state index contributed by atoms with van der Waals surface area (Å²) >= 11 is 0. The van der Waals surface area contributed by atoms with Gasteiger partial charge in [0.15, 0.2) is 5.79 Å². The Kier molecular flexibility index (Phi) is 3.34. The highest BCUT2D eigenvalue weighted by Gasteiger charge is 2.58. The Hall–Kier alpha value is -0.340. The molecule has 0 radical (unpaired) electrons. The SMILES string of the molecule is CC(C)C1=C[C@H]2[C@@H](C)CC[C@@H]2C2(C)OC(C)(C)O[C@H]2C1. The molecule has 0 N–H and O–H groups in total. The van der Waals surface area contributed by atoms with E-state index >= 15 is 0 Å². The van der Waals surface area contributed by atoms with Crippen molar-refractivity contribution in [1.29, 1.82) is 0 Å². The van der Waals surface area contributed by atoms with E-state index < -0.39 is 5.79 Å². The molecule has 1 saturated carbocycles. The summed E-state index contributed by atoms with van der Waals surface area (Å²) in [6, 6.07) is 0. The molecule has 2 aliphatic carbocycles. The molecule has 0 aromatic heterocycles. The number of allylic oxidation sites excluding steroid dienone is 1. The number of rotatable bonds is 1. The van der Waals surface area contributed by atoms with Crippen LogP contribution in [0.3, 0.4) is 0 Å². The Morgan fingerprint density at radius 1 is 1.20 bits per heavy atom. The Morgan fingerprint density at radius 3 is 2.55 bits per heavy atom. The highest BCUT2D eigenvalue weighted by atomic mass is 16.8. The summed E-state index contributed by atoms with van der Waals surface area (Å²) in [6.45, 7) is 13.5. The molecule has 1 saturated heterocycles. The first kappa shape index (κ1) is 14.6. The third-order valence-electron chi connectivity index (χ3n) is 5.89. The van der Waals surface area contributed by atoms with Crippen LogP contribution in [0.2, 0.25) is 0 Å². The molecule has 0 spiro atoms. The number of fused-ring (bicyclic) bond motifs is 3. The average Bonchev–Trinajstić information content (AvgIpc) is 2.74. The van der Waals surface area contributed by atoms with Crippen LogP contribution in [0.1, 0.15) is 60.8 Å². The molecule has 2 heteroatoms. The minimum Gasteiger partial charge on any atom is -0.344 e. The van der Waals surface area contributed by atoms with Crippen molar-refractivity contribution in [1.82, 2.24) is 0 Å². The van der Waals surface area contributed by atoms with Gasteiger partial charge in [-0.05, 0) is 63.7 Å². The van der Waals surface area contributed by atoms with Crippen LogP contribution in [-0.4, -0.2) is 17.5 Å². The fourth-order valence-electron chi connectivity index (χ4n) is 4.77. The Labute approximate surface area is 123 Å². The summed E-state index contributed by atoms with van der Waals surface area (Å²) in [5.41, 5.74) is 1.45. The predicted octanol–water partition coefficient (Wildman–Crippen LogP) is 4.55. The fraction of sp³-hybridized carbons (Fsp3) is 0.889. The van der Waals surface area contributed by atoms with E-state index in [2.05, 4.69) is 47.6 Å². The van der Waals surface area contributed by atoms with E-state index in [1.165, 1.54) is 12.8 Å². The zero-order chi connectivity index (χ0) is 14.7. The van der Waals surface area contributed by atoms with Gasteiger partial charge in [0, 0.05) is 0 Å². The third kappa shape index (κ3) is 2.16. The van der Waals surface area contributed by atoms with Gasteiger partial charge in [0.25, 0.3) is 0 Å². The molecule has 1 heterocycles. The molecule has 114 valence electrons. The zero-order valence-corrected chi connectivity index (χ0v) is 13.9. The fourth-order valence-corrected chi connectivity index (χ4v) is 4.77. The van der Waals surface area contributed by atoms with E-state index in [4.69, 9.17) is 9.47 Å². The van der Waals surface area contributed by atoms with Crippen LogP contribution in [0, 0.1) is 23.7 Å². The van der Waals surface area contributed by atoms with E-state index in [0.29, 0.717) is 17.8 Å². The van der Waals surface area contributed by atoms with Crippen LogP contribution < -0.4 is 0 Å². The molecule has 2 nitrogen and oxygen atoms in total. The first-order valence-corrected chi connectivity index (χ1v) is 8.31. The number of ether oxygens (including phenoxy) is 2. The zero-order valence-electron chi connectivity index (χ0n) is 13.9. The van der Waals surface area contributed by atoms with Crippen LogP contribution in [-0.2, 0) is 9.47 Å². The normalized spacial score (nSPS) is 46.9. The lowest BCUT2D eigenvalue weighted by Crippen LogP contribution is -2.45. The van der Waals surface area contributed by atoms with Gasteiger partial charge < -0.3 is 9.47 Å². The van der Waals surface area contributed by atoms with Gasteiger partial charge in [-0.2, -0.15) is 0 Å². The molecular weight excluding hydrogens is 248 g/mol. The van der Waals surface area contributed by atoms with Gasteiger partial charge in [-0.25, -0.2) is 0 Å². The molecule has 20 heavy (non-hydrogen) atoms. The number of hydrogen-bond donors (Lipinski definition) is 0. The van der Waals surface area contributed by atoms with E-state index in [-0.39, 0.29) is 11.7 Å². The van der Waals surface area contributed by atoms with E-state index in [9.17, 15) is 0 Å². The van der Waals surface area contributed by atoms with Gasteiger partial charge >= 0.3 is 0 Å². The molecule has 0 amide bonds. The third-order valence-corrected chi connectivity index (χ3v) is 5.89. The second-order valence-corrected chi connectivity index (χ2v) is 8.13. The Bertz CT molecular complexity index is 423. The number of hydrogen-bond acceptors (Lipinski definition) is 2. The standard InChI is InChI=1S/C18H30O2/c1-11(2)13-9-14-12(3)7-8-15(14)18(6)16(10-13)19-17(4,5)20-18/h9,11-12,14-16H,7-8,10H2,1-6H3/t12-,14-,15-,16-,18?/m0/s1. The highest BCUT2D eigenvalue weighted by molar-refractivity contribution is 5.20. The molecule has 0 aromatic rings. The van der Waals surface area contributed by atoms with Crippen LogP contribution in [0.15, 0.2) is 11.6 Å². The van der Waals surface area contributed by atoms with Gasteiger partial charge in [0.2, 0.25) is 0 Å². The van der Waals surface area contributed by atoms with Gasteiger partial charge in [-0.3, -0.25) is 0 Å². The van der Waals surface area contributed by atoms with Crippen LogP contribution in [0.4, 0.5) is 0 Å². The quantitative estimate of drug-likeness (QED) is 0.655. The van der Waals surface area contributed by atoms with Crippen molar-refractivity contribution in [3.63, 3.8) is 0 Å². The first-order valence-electron chi connectivity index (χ1n) is 8.31. The topological polar surface area (TPSA) is 18.5 Å². The van der Waals surface area contributed by atoms with Crippen molar-refractivity contribution in [2.24, 2.45) is 23.7 Å². The van der Waals surface area contributed by atoms with E-state index in [1.54, 1.807) is 5.57 Å². The van der Waals surface area contributed by atoms with Crippen LogP contribution in [0.5, 0.6) is 0 Å². The summed E-state index contributed by atoms with van der Waals surface area (Å²) in [5.74, 6) is 2.23. The lowest BCUT2D eigenvalue weighted by Gasteiger charge is -2.36. The minimum absolute atomic E-state index is 0.119. The predicted molar refractivity (Wildman–Crippen MR) is 81.4 cm³/mol. The summed E-state index contributed by atoms with van der Waals surface area (Å²) in [4.78, 5) is 0. The summed E-state index contributed by atoms with van der Waals surface area (Å²) < 4.78 is 12.8. The van der Waals surface area contributed by atoms with Crippen molar-refractivity contribution < 1.29 is 9.47 Å². The Morgan fingerprint density at radius 2 is 1.90 bits per heavy atom. The van der Waals surface area contributed by atoms with Crippen molar-refractivity contribution in [3.05, 3.63) is 11.6 Å². The lowest BCUT2D eigenvalue weighted by atomic mass is 9.77. The first-order chi connectivity index (χ1) is 9.23. The molecule has 1 aliphatic heterocycles. The molecule has 3 aliphatic rings. The van der Waals surface area contributed by atoms with Gasteiger partial charge in [-0.1, -0.05) is 32.4 Å². The summed E-state index contributed by atoms with van der Waals surface area (Å²) in [5, 5.41) is 0. The van der Waals surface area contributed by atoms with E-state index in [1.807, 2.05) is 0 Å². The van der Waals surface area contributed by atoms with Crippen molar-refractivity contribution >= 4 is 0 Å². The molecule has 1 unspecified atom stereocenters.